The molecule has 0 unspecified atom stereocenters. The van der Waals surface area contributed by atoms with Crippen LogP contribution in [0.4, 0.5) is 5.69 Å². The van der Waals surface area contributed by atoms with Gasteiger partial charge in [0.15, 0.2) is 0 Å². The Morgan fingerprint density at radius 2 is 1.91 bits per heavy atom. The minimum Gasteiger partial charge on any atom is -0.495 e. The molecule has 110 valence electrons. The van der Waals surface area contributed by atoms with E-state index in [0.717, 1.165) is 5.56 Å². The third-order valence-corrected chi connectivity index (χ3v) is 3.11. The van der Waals surface area contributed by atoms with Gasteiger partial charge in [-0.3, -0.25) is 4.79 Å². The van der Waals surface area contributed by atoms with Crippen molar-refractivity contribution >= 4 is 11.6 Å². The zero-order chi connectivity index (χ0) is 15.4. The fraction of sp³-hybridized carbons (Fsp3) is 0.0667. The quantitative estimate of drug-likeness (QED) is 0.769. The van der Waals surface area contributed by atoms with Crippen molar-refractivity contribution in [3.63, 3.8) is 0 Å². The molecule has 1 amide bonds. The van der Waals surface area contributed by atoms with E-state index in [1.807, 2.05) is 12.1 Å². The molecule has 7 nitrogen and oxygen atoms in total. The minimum atomic E-state index is -0.218. The van der Waals surface area contributed by atoms with E-state index in [4.69, 9.17) is 4.74 Å². The number of nitrogens with one attached hydrogen (secondary N) is 2. The summed E-state index contributed by atoms with van der Waals surface area (Å²) < 4.78 is 5.21. The summed E-state index contributed by atoms with van der Waals surface area (Å²) >= 11 is 0. The molecule has 0 atom stereocenters. The Hall–Kier alpha value is -3.22. The van der Waals surface area contributed by atoms with Gasteiger partial charge in [-0.05, 0) is 29.5 Å². The Kier molecular flexibility index (Phi) is 3.78. The summed E-state index contributed by atoms with van der Waals surface area (Å²) in [6.07, 6.45) is 0. The number of anilines is 1. The molecular formula is C15H13N5O2. The summed E-state index contributed by atoms with van der Waals surface area (Å²) in [7, 11) is 1.56. The first-order chi connectivity index (χ1) is 10.8. The van der Waals surface area contributed by atoms with Crippen molar-refractivity contribution in [2.45, 2.75) is 0 Å². The number of carbonyl (C=O) groups is 1. The molecule has 1 heterocycles. The van der Waals surface area contributed by atoms with Gasteiger partial charge in [-0.1, -0.05) is 24.3 Å². The van der Waals surface area contributed by atoms with Gasteiger partial charge in [0, 0.05) is 11.1 Å². The van der Waals surface area contributed by atoms with Gasteiger partial charge >= 0.3 is 0 Å². The zero-order valence-corrected chi connectivity index (χ0v) is 11.8. The van der Waals surface area contributed by atoms with Crippen molar-refractivity contribution in [2.75, 3.05) is 12.4 Å². The number of methoxy groups -OCH3 is 1. The SMILES string of the molecule is COc1ccccc1NC(=O)c1ccc(-c2nn[nH]n2)cc1. The lowest BCUT2D eigenvalue weighted by Gasteiger charge is -2.09. The molecule has 3 aromatic rings. The average Bonchev–Trinajstić information content (AvgIpc) is 3.10. The van der Waals surface area contributed by atoms with Crippen molar-refractivity contribution in [3.8, 4) is 17.1 Å². The Morgan fingerprint density at radius 3 is 2.59 bits per heavy atom. The summed E-state index contributed by atoms with van der Waals surface area (Å²) in [5, 5.41) is 16.5. The highest BCUT2D eigenvalue weighted by Crippen LogP contribution is 2.24. The molecule has 3 rings (SSSR count). The van der Waals surface area contributed by atoms with E-state index in [0.29, 0.717) is 22.8 Å². The van der Waals surface area contributed by atoms with Crippen LogP contribution in [0.25, 0.3) is 11.4 Å². The number of nitrogens with zero attached hydrogens (tertiary/aromatic N) is 3. The van der Waals surface area contributed by atoms with E-state index in [-0.39, 0.29) is 5.91 Å². The summed E-state index contributed by atoms with van der Waals surface area (Å²) in [6.45, 7) is 0. The number of aromatic amines is 1. The fourth-order valence-electron chi connectivity index (χ4n) is 2.00. The van der Waals surface area contributed by atoms with Crippen LogP contribution in [0.1, 0.15) is 10.4 Å². The fourth-order valence-corrected chi connectivity index (χ4v) is 2.00. The minimum absolute atomic E-state index is 0.218. The van der Waals surface area contributed by atoms with Crippen molar-refractivity contribution in [1.29, 1.82) is 0 Å². The van der Waals surface area contributed by atoms with Gasteiger partial charge in [0.05, 0.1) is 12.8 Å². The normalized spacial score (nSPS) is 10.2. The summed E-state index contributed by atoms with van der Waals surface area (Å²) in [5.41, 5.74) is 1.93. The number of ether oxygens (including phenoxy) is 1. The molecule has 2 aromatic carbocycles. The highest BCUT2D eigenvalue weighted by molar-refractivity contribution is 6.05. The first kappa shape index (κ1) is 13.7. The van der Waals surface area contributed by atoms with Gasteiger partial charge in [0.25, 0.3) is 5.91 Å². The second-order valence-electron chi connectivity index (χ2n) is 4.47. The number of rotatable bonds is 4. The molecule has 0 aliphatic rings. The van der Waals surface area contributed by atoms with E-state index < -0.39 is 0 Å². The molecule has 0 fully saturated rings. The standard InChI is InChI=1S/C15H13N5O2/c1-22-13-5-3-2-4-12(13)16-15(21)11-8-6-10(7-9-11)14-17-19-20-18-14/h2-9H,1H3,(H,16,21)(H,17,18,19,20). The Bertz CT molecular complexity index is 769. The van der Waals surface area contributed by atoms with Crippen molar-refractivity contribution in [1.82, 2.24) is 20.6 Å². The van der Waals surface area contributed by atoms with Crippen LogP contribution in [-0.2, 0) is 0 Å². The Morgan fingerprint density at radius 1 is 1.14 bits per heavy atom. The lowest BCUT2D eigenvalue weighted by atomic mass is 10.1. The number of benzene rings is 2. The Balaban J connectivity index is 1.78. The number of carbonyl (C=O) groups excluding carboxylic acids is 1. The van der Waals surface area contributed by atoms with Gasteiger partial charge in [-0.25, -0.2) is 0 Å². The smallest absolute Gasteiger partial charge is 0.255 e. The van der Waals surface area contributed by atoms with Gasteiger partial charge in [-0.2, -0.15) is 5.21 Å². The van der Waals surface area contributed by atoms with Crippen LogP contribution in [0.5, 0.6) is 5.75 Å². The molecule has 0 saturated carbocycles. The van der Waals surface area contributed by atoms with Gasteiger partial charge in [-0.15, -0.1) is 10.2 Å². The van der Waals surface area contributed by atoms with Crippen LogP contribution in [0.15, 0.2) is 48.5 Å². The number of H-pyrrole nitrogens is 1. The largest absolute Gasteiger partial charge is 0.495 e. The van der Waals surface area contributed by atoms with E-state index in [1.54, 1.807) is 43.5 Å². The van der Waals surface area contributed by atoms with E-state index in [1.165, 1.54) is 0 Å². The molecule has 1 aromatic heterocycles. The summed E-state index contributed by atoms with van der Waals surface area (Å²) in [4.78, 5) is 12.3. The summed E-state index contributed by atoms with van der Waals surface area (Å²) in [5.74, 6) is 0.875. The number of hydrogen-bond donors (Lipinski definition) is 2. The Labute approximate surface area is 126 Å². The van der Waals surface area contributed by atoms with Crippen LogP contribution >= 0.6 is 0 Å². The average molecular weight is 295 g/mol. The predicted octanol–water partition coefficient (Wildman–Crippen LogP) is 2.13. The van der Waals surface area contributed by atoms with Crippen LogP contribution in [0, 0.1) is 0 Å². The van der Waals surface area contributed by atoms with Crippen LogP contribution < -0.4 is 10.1 Å². The maximum atomic E-state index is 12.3. The molecule has 0 saturated heterocycles. The van der Waals surface area contributed by atoms with Gasteiger partial charge < -0.3 is 10.1 Å². The second-order valence-corrected chi connectivity index (χ2v) is 4.47. The lowest BCUT2D eigenvalue weighted by Crippen LogP contribution is -2.12. The highest BCUT2D eigenvalue weighted by Gasteiger charge is 2.10. The highest BCUT2D eigenvalue weighted by atomic mass is 16.5. The van der Waals surface area contributed by atoms with E-state index in [9.17, 15) is 4.79 Å². The first-order valence-electron chi connectivity index (χ1n) is 6.56. The van der Waals surface area contributed by atoms with Crippen LogP contribution in [-0.4, -0.2) is 33.6 Å². The molecule has 7 heteroatoms. The molecule has 0 aliphatic heterocycles. The predicted molar refractivity (Wildman–Crippen MR) is 80.6 cm³/mol. The zero-order valence-electron chi connectivity index (χ0n) is 11.8. The number of amides is 1. The number of hydrogen-bond acceptors (Lipinski definition) is 5. The molecule has 0 spiro atoms. The molecule has 22 heavy (non-hydrogen) atoms. The first-order valence-corrected chi connectivity index (χ1v) is 6.56. The monoisotopic (exact) mass is 295 g/mol. The second kappa shape index (κ2) is 6.04. The number of aromatic nitrogens is 4. The van der Waals surface area contributed by atoms with E-state index in [2.05, 4.69) is 25.9 Å². The summed E-state index contributed by atoms with van der Waals surface area (Å²) in [6, 6.07) is 14.2. The topological polar surface area (TPSA) is 92.8 Å². The van der Waals surface area contributed by atoms with Crippen LogP contribution in [0.3, 0.4) is 0 Å². The van der Waals surface area contributed by atoms with Gasteiger partial charge in [0.2, 0.25) is 5.82 Å². The third kappa shape index (κ3) is 2.78. The van der Waals surface area contributed by atoms with Crippen molar-refractivity contribution in [3.05, 3.63) is 54.1 Å². The van der Waals surface area contributed by atoms with Crippen molar-refractivity contribution < 1.29 is 9.53 Å². The van der Waals surface area contributed by atoms with E-state index >= 15 is 0 Å². The molecule has 2 N–H and O–H groups in total. The maximum Gasteiger partial charge on any atom is 0.255 e. The molecular weight excluding hydrogens is 282 g/mol. The van der Waals surface area contributed by atoms with Gasteiger partial charge in [0.1, 0.15) is 5.75 Å². The lowest BCUT2D eigenvalue weighted by molar-refractivity contribution is 0.102. The number of para-hydroxylation sites is 2. The third-order valence-electron chi connectivity index (χ3n) is 3.11. The number of tetrazole rings is 1. The molecule has 0 aliphatic carbocycles. The molecule has 0 bridgehead atoms. The molecule has 0 radical (unpaired) electrons. The van der Waals surface area contributed by atoms with Crippen molar-refractivity contribution in [2.24, 2.45) is 0 Å². The van der Waals surface area contributed by atoms with Crippen LogP contribution in [0.2, 0.25) is 0 Å². The maximum absolute atomic E-state index is 12.3.